The van der Waals surface area contributed by atoms with E-state index >= 15 is 0 Å². The summed E-state index contributed by atoms with van der Waals surface area (Å²) in [6, 6.07) is 6.76. The first kappa shape index (κ1) is 14.9. The molecule has 0 bridgehead atoms. The Kier molecular flexibility index (Phi) is 4.10. The van der Waals surface area contributed by atoms with Crippen molar-refractivity contribution in [2.24, 2.45) is 7.05 Å². The van der Waals surface area contributed by atoms with E-state index in [-0.39, 0.29) is 0 Å². The highest BCUT2D eigenvalue weighted by molar-refractivity contribution is 7.99. The first-order valence-corrected chi connectivity index (χ1v) is 8.83. The zero-order valence-electron chi connectivity index (χ0n) is 11.6. The summed E-state index contributed by atoms with van der Waals surface area (Å²) >= 11 is 1.48. The first-order chi connectivity index (χ1) is 9.32. The summed E-state index contributed by atoms with van der Waals surface area (Å²) in [6.45, 7) is 2.01. The molecule has 5 nitrogen and oxygen atoms in total. The van der Waals surface area contributed by atoms with Crippen LogP contribution in [0.25, 0.3) is 0 Å². The highest BCUT2D eigenvalue weighted by Crippen LogP contribution is 2.33. The van der Waals surface area contributed by atoms with Crippen LogP contribution < -0.4 is 5.73 Å². The minimum Gasteiger partial charge on any atom is -0.395 e. The van der Waals surface area contributed by atoms with Gasteiger partial charge in [0, 0.05) is 18.2 Å². The van der Waals surface area contributed by atoms with Crippen LogP contribution in [-0.2, 0) is 23.3 Å². The zero-order chi connectivity index (χ0) is 14.9. The summed E-state index contributed by atoms with van der Waals surface area (Å²) in [5.41, 5.74) is 7.63. The van der Waals surface area contributed by atoms with Crippen LogP contribution in [0.4, 0.5) is 5.69 Å². The van der Waals surface area contributed by atoms with E-state index < -0.39 is 9.84 Å². The first-order valence-electron chi connectivity index (χ1n) is 6.12. The average molecular weight is 311 g/mol. The summed E-state index contributed by atoms with van der Waals surface area (Å²) in [4.78, 5) is 1.24. The van der Waals surface area contributed by atoms with Gasteiger partial charge in [0.15, 0.2) is 9.84 Å². The number of sulfone groups is 1. The molecule has 0 saturated heterocycles. The lowest BCUT2D eigenvalue weighted by molar-refractivity contribution is 0.602. The number of benzene rings is 1. The molecule has 108 valence electrons. The van der Waals surface area contributed by atoms with Crippen molar-refractivity contribution in [3.63, 3.8) is 0 Å². The van der Waals surface area contributed by atoms with Crippen LogP contribution in [0.2, 0.25) is 0 Å². The van der Waals surface area contributed by atoms with Crippen LogP contribution in [0, 0.1) is 0 Å². The summed E-state index contributed by atoms with van der Waals surface area (Å²) in [5, 5.41) is 5.23. The molecule has 2 aromatic rings. The number of hydrogen-bond donors (Lipinski definition) is 1. The quantitative estimate of drug-likeness (QED) is 0.935. The molecule has 1 aromatic heterocycles. The maximum absolute atomic E-state index is 11.4. The molecule has 20 heavy (non-hydrogen) atoms. The molecule has 0 aliphatic heterocycles. The monoisotopic (exact) mass is 311 g/mol. The highest BCUT2D eigenvalue weighted by Gasteiger charge is 2.14. The lowest BCUT2D eigenvalue weighted by Crippen LogP contribution is -1.96. The van der Waals surface area contributed by atoms with Crippen molar-refractivity contribution in [1.29, 1.82) is 0 Å². The molecule has 1 heterocycles. The molecule has 0 fully saturated rings. The summed E-state index contributed by atoms with van der Waals surface area (Å²) in [7, 11) is -1.31. The van der Waals surface area contributed by atoms with Crippen molar-refractivity contribution < 1.29 is 8.42 Å². The third-order valence-electron chi connectivity index (χ3n) is 2.91. The fourth-order valence-corrected chi connectivity index (χ4v) is 3.35. The molecule has 0 atom stereocenters. The number of nitrogens with zero attached hydrogens (tertiary/aromatic N) is 2. The van der Waals surface area contributed by atoms with Crippen LogP contribution in [0.3, 0.4) is 0 Å². The Morgan fingerprint density at radius 1 is 1.30 bits per heavy atom. The zero-order valence-corrected chi connectivity index (χ0v) is 13.3. The molecule has 0 spiro atoms. The van der Waals surface area contributed by atoms with Gasteiger partial charge in [-0.25, -0.2) is 8.42 Å². The van der Waals surface area contributed by atoms with Crippen molar-refractivity contribution >= 4 is 27.3 Å². The second-order valence-electron chi connectivity index (χ2n) is 4.49. The number of anilines is 1. The number of aromatic nitrogens is 2. The Balaban J connectivity index is 2.29. The third kappa shape index (κ3) is 2.99. The molecule has 0 radical (unpaired) electrons. The fraction of sp³-hybridized carbons (Fsp3) is 0.308. The lowest BCUT2D eigenvalue weighted by atomic mass is 10.3. The van der Waals surface area contributed by atoms with E-state index in [1.165, 1.54) is 18.0 Å². The summed E-state index contributed by atoms with van der Waals surface area (Å²) in [6.07, 6.45) is 1.98. The molecule has 2 N–H and O–H groups in total. The van der Waals surface area contributed by atoms with Gasteiger partial charge in [-0.15, -0.1) is 0 Å². The van der Waals surface area contributed by atoms with E-state index in [9.17, 15) is 8.42 Å². The molecule has 0 saturated carbocycles. The topological polar surface area (TPSA) is 78.0 Å². The Labute approximate surface area is 123 Å². The lowest BCUT2D eigenvalue weighted by Gasteiger charge is -2.04. The maximum Gasteiger partial charge on any atom is 0.175 e. The Hall–Kier alpha value is -1.47. The van der Waals surface area contributed by atoms with Crippen molar-refractivity contribution in [3.05, 3.63) is 30.0 Å². The summed E-state index contributed by atoms with van der Waals surface area (Å²) in [5.74, 6) is 0. The Morgan fingerprint density at radius 3 is 2.35 bits per heavy atom. The molecule has 0 aliphatic rings. The normalized spacial score (nSPS) is 11.8. The molecule has 0 amide bonds. The Bertz CT molecular complexity index is 719. The smallest absolute Gasteiger partial charge is 0.175 e. The third-order valence-corrected chi connectivity index (χ3v) is 5.22. The van der Waals surface area contributed by atoms with Crippen molar-refractivity contribution in [2.45, 2.75) is 28.2 Å². The molecular weight excluding hydrogens is 294 g/mol. The van der Waals surface area contributed by atoms with Gasteiger partial charge >= 0.3 is 0 Å². The minimum atomic E-state index is -3.16. The number of hydrogen-bond acceptors (Lipinski definition) is 5. The van der Waals surface area contributed by atoms with Gasteiger partial charge in [-0.3, -0.25) is 4.68 Å². The van der Waals surface area contributed by atoms with E-state index in [2.05, 4.69) is 5.10 Å². The van der Waals surface area contributed by atoms with Gasteiger partial charge in [-0.1, -0.05) is 18.7 Å². The highest BCUT2D eigenvalue weighted by atomic mass is 32.2. The second-order valence-corrected chi connectivity index (χ2v) is 7.57. The standard InChI is InChI=1S/C13H17N3O2S2/c1-4-11-12(14)13(16(2)15-11)19-9-5-7-10(8-6-9)20(3,17)18/h5-8H,4,14H2,1-3H3. The van der Waals surface area contributed by atoms with Gasteiger partial charge in [0.05, 0.1) is 16.3 Å². The van der Waals surface area contributed by atoms with E-state index in [0.29, 0.717) is 10.6 Å². The van der Waals surface area contributed by atoms with E-state index in [0.717, 1.165) is 22.0 Å². The number of nitrogen functional groups attached to an aromatic ring is 1. The SMILES string of the molecule is CCc1nn(C)c(Sc2ccc(S(C)(=O)=O)cc2)c1N. The van der Waals surface area contributed by atoms with Crippen LogP contribution in [-0.4, -0.2) is 24.5 Å². The molecule has 1 aromatic carbocycles. The minimum absolute atomic E-state index is 0.314. The van der Waals surface area contributed by atoms with Gasteiger partial charge in [-0.05, 0) is 30.7 Å². The van der Waals surface area contributed by atoms with Gasteiger partial charge < -0.3 is 5.73 Å². The van der Waals surface area contributed by atoms with Gasteiger partial charge in [0.25, 0.3) is 0 Å². The van der Waals surface area contributed by atoms with Gasteiger partial charge in [0.2, 0.25) is 0 Å². The number of aryl methyl sites for hydroxylation is 2. The second kappa shape index (κ2) is 5.49. The number of nitrogens with two attached hydrogens (primary N) is 1. The Morgan fingerprint density at radius 2 is 1.90 bits per heavy atom. The molecule has 0 unspecified atom stereocenters. The number of rotatable bonds is 4. The predicted molar refractivity (Wildman–Crippen MR) is 80.7 cm³/mol. The van der Waals surface area contributed by atoms with E-state index in [1.54, 1.807) is 28.9 Å². The van der Waals surface area contributed by atoms with Crippen LogP contribution in [0.15, 0.2) is 39.1 Å². The van der Waals surface area contributed by atoms with Crippen LogP contribution in [0.1, 0.15) is 12.6 Å². The molecule has 7 heteroatoms. The largest absolute Gasteiger partial charge is 0.395 e. The molecule has 2 rings (SSSR count). The molecular formula is C13H17N3O2S2. The van der Waals surface area contributed by atoms with Crippen molar-refractivity contribution in [1.82, 2.24) is 9.78 Å². The summed E-state index contributed by atoms with van der Waals surface area (Å²) < 4.78 is 24.6. The van der Waals surface area contributed by atoms with Crippen molar-refractivity contribution in [3.8, 4) is 0 Å². The predicted octanol–water partition coefficient (Wildman–Crippen LogP) is 2.12. The fourth-order valence-electron chi connectivity index (χ4n) is 1.83. The van der Waals surface area contributed by atoms with Crippen molar-refractivity contribution in [2.75, 3.05) is 12.0 Å². The maximum atomic E-state index is 11.4. The average Bonchev–Trinajstić information content (AvgIpc) is 2.66. The van der Waals surface area contributed by atoms with Gasteiger partial charge in [-0.2, -0.15) is 5.10 Å². The van der Waals surface area contributed by atoms with Crippen LogP contribution in [0.5, 0.6) is 0 Å². The van der Waals surface area contributed by atoms with E-state index in [1.807, 2.05) is 14.0 Å². The van der Waals surface area contributed by atoms with Gasteiger partial charge in [0.1, 0.15) is 5.03 Å². The van der Waals surface area contributed by atoms with E-state index in [4.69, 9.17) is 5.73 Å². The molecule has 0 aliphatic carbocycles. The van der Waals surface area contributed by atoms with Crippen LogP contribution >= 0.6 is 11.8 Å².